The molecule has 1 amide bonds. The van der Waals surface area contributed by atoms with Gasteiger partial charge in [-0.1, -0.05) is 30.3 Å². The molecule has 3 rings (SSSR count). The molecule has 2 N–H and O–H groups in total. The topological polar surface area (TPSA) is 75.3 Å². The van der Waals surface area contributed by atoms with Gasteiger partial charge in [0, 0.05) is 12.1 Å². The lowest BCUT2D eigenvalue weighted by Gasteiger charge is -2.22. The molecule has 1 saturated heterocycles. The molecule has 1 aliphatic heterocycles. The SMILES string of the molecule is O=C(NCCC1CCCNC1)c1cccc(CS(=O)(=O)c2ccccc2)c1. The van der Waals surface area contributed by atoms with E-state index < -0.39 is 9.84 Å². The van der Waals surface area contributed by atoms with Crippen LogP contribution in [0.15, 0.2) is 59.5 Å². The van der Waals surface area contributed by atoms with Crippen LogP contribution in [0.2, 0.25) is 0 Å². The summed E-state index contributed by atoms with van der Waals surface area (Å²) in [7, 11) is -3.43. The number of benzene rings is 2. The van der Waals surface area contributed by atoms with Gasteiger partial charge in [-0.25, -0.2) is 8.42 Å². The maximum atomic E-state index is 12.5. The summed E-state index contributed by atoms with van der Waals surface area (Å²) in [5.41, 5.74) is 1.11. The average molecular weight is 387 g/mol. The first-order valence-electron chi connectivity index (χ1n) is 9.40. The number of hydrogen-bond donors (Lipinski definition) is 2. The predicted molar refractivity (Wildman–Crippen MR) is 106 cm³/mol. The van der Waals surface area contributed by atoms with Crippen LogP contribution in [0.25, 0.3) is 0 Å². The van der Waals surface area contributed by atoms with E-state index in [-0.39, 0.29) is 11.7 Å². The van der Waals surface area contributed by atoms with Crippen LogP contribution in [0.5, 0.6) is 0 Å². The molecule has 0 radical (unpaired) electrons. The molecule has 0 bridgehead atoms. The first-order chi connectivity index (χ1) is 13.0. The highest BCUT2D eigenvalue weighted by Crippen LogP contribution is 2.17. The Balaban J connectivity index is 1.58. The number of rotatable bonds is 7. The Labute approximate surface area is 161 Å². The summed E-state index contributed by atoms with van der Waals surface area (Å²) >= 11 is 0. The molecule has 27 heavy (non-hydrogen) atoms. The zero-order valence-electron chi connectivity index (χ0n) is 15.4. The minimum absolute atomic E-state index is 0.119. The number of piperidine rings is 1. The van der Waals surface area contributed by atoms with E-state index in [0.29, 0.717) is 28.5 Å². The molecule has 1 aliphatic rings. The summed E-state index contributed by atoms with van der Waals surface area (Å²) in [5.74, 6) is 0.338. The Bertz CT molecular complexity index is 860. The van der Waals surface area contributed by atoms with Crippen molar-refractivity contribution in [1.82, 2.24) is 10.6 Å². The fraction of sp³-hybridized carbons (Fsp3) is 0.381. The highest BCUT2D eigenvalue weighted by atomic mass is 32.2. The molecule has 1 heterocycles. The summed E-state index contributed by atoms with van der Waals surface area (Å²) in [4.78, 5) is 12.7. The lowest BCUT2D eigenvalue weighted by molar-refractivity contribution is 0.0950. The van der Waals surface area contributed by atoms with Crippen molar-refractivity contribution in [2.24, 2.45) is 5.92 Å². The maximum absolute atomic E-state index is 12.5. The minimum Gasteiger partial charge on any atom is -0.352 e. The van der Waals surface area contributed by atoms with Crippen molar-refractivity contribution < 1.29 is 13.2 Å². The van der Waals surface area contributed by atoms with Gasteiger partial charge in [0.2, 0.25) is 0 Å². The van der Waals surface area contributed by atoms with Crippen LogP contribution in [0.4, 0.5) is 0 Å². The van der Waals surface area contributed by atoms with Crippen molar-refractivity contribution >= 4 is 15.7 Å². The monoisotopic (exact) mass is 386 g/mol. The van der Waals surface area contributed by atoms with Crippen LogP contribution in [0, 0.1) is 5.92 Å². The van der Waals surface area contributed by atoms with E-state index in [4.69, 9.17) is 0 Å². The number of carbonyl (C=O) groups excluding carboxylic acids is 1. The number of amides is 1. The largest absolute Gasteiger partial charge is 0.352 e. The summed E-state index contributed by atoms with van der Waals surface area (Å²) < 4.78 is 25.0. The number of nitrogens with one attached hydrogen (secondary N) is 2. The van der Waals surface area contributed by atoms with Gasteiger partial charge in [-0.2, -0.15) is 0 Å². The van der Waals surface area contributed by atoms with Crippen LogP contribution in [0.1, 0.15) is 35.2 Å². The standard InChI is InChI=1S/C21H26N2O3S/c24-21(23-13-11-17-7-5-12-22-15-17)19-8-4-6-18(14-19)16-27(25,26)20-9-2-1-3-10-20/h1-4,6,8-10,14,17,22H,5,7,11-13,15-16H2,(H,23,24). The lowest BCUT2D eigenvalue weighted by Crippen LogP contribution is -2.33. The third-order valence-electron chi connectivity index (χ3n) is 4.89. The number of carbonyl (C=O) groups is 1. The van der Waals surface area contributed by atoms with Gasteiger partial charge < -0.3 is 10.6 Å². The van der Waals surface area contributed by atoms with E-state index >= 15 is 0 Å². The second kappa shape index (κ2) is 9.15. The van der Waals surface area contributed by atoms with Crippen molar-refractivity contribution in [3.05, 3.63) is 65.7 Å². The summed E-state index contributed by atoms with van der Waals surface area (Å²) in [6.45, 7) is 2.74. The molecule has 2 aromatic carbocycles. The van der Waals surface area contributed by atoms with E-state index in [2.05, 4.69) is 10.6 Å². The molecule has 0 aliphatic carbocycles. The van der Waals surface area contributed by atoms with Gasteiger partial charge in [0.05, 0.1) is 10.6 Å². The van der Waals surface area contributed by atoms with Gasteiger partial charge in [0.25, 0.3) is 5.91 Å². The zero-order valence-corrected chi connectivity index (χ0v) is 16.2. The van der Waals surface area contributed by atoms with Gasteiger partial charge in [0.15, 0.2) is 9.84 Å². The Kier molecular flexibility index (Phi) is 6.63. The molecular weight excluding hydrogens is 360 g/mol. The highest BCUT2D eigenvalue weighted by molar-refractivity contribution is 7.90. The second-order valence-electron chi connectivity index (χ2n) is 7.03. The molecule has 5 nitrogen and oxygen atoms in total. The average Bonchev–Trinajstić information content (AvgIpc) is 2.69. The molecular formula is C21H26N2O3S. The summed E-state index contributed by atoms with van der Waals surface area (Å²) in [6, 6.07) is 15.2. The smallest absolute Gasteiger partial charge is 0.251 e. The normalized spacial score (nSPS) is 17.4. The summed E-state index contributed by atoms with van der Waals surface area (Å²) in [5, 5.41) is 6.33. The van der Waals surface area contributed by atoms with Crippen LogP contribution >= 0.6 is 0 Å². The van der Waals surface area contributed by atoms with E-state index in [1.54, 1.807) is 54.6 Å². The Morgan fingerprint density at radius 3 is 2.67 bits per heavy atom. The Hall–Kier alpha value is -2.18. The van der Waals surface area contributed by atoms with Crippen LogP contribution in [0.3, 0.4) is 0 Å². The first kappa shape index (κ1) is 19.6. The molecule has 1 fully saturated rings. The number of sulfone groups is 1. The van der Waals surface area contributed by atoms with Crippen molar-refractivity contribution in [2.75, 3.05) is 19.6 Å². The van der Waals surface area contributed by atoms with Crippen molar-refractivity contribution in [2.45, 2.75) is 29.9 Å². The molecule has 0 spiro atoms. The Morgan fingerprint density at radius 1 is 1.11 bits per heavy atom. The van der Waals surface area contributed by atoms with E-state index in [0.717, 1.165) is 19.5 Å². The van der Waals surface area contributed by atoms with Gasteiger partial charge in [0.1, 0.15) is 0 Å². The lowest BCUT2D eigenvalue weighted by atomic mass is 9.96. The molecule has 1 unspecified atom stereocenters. The minimum atomic E-state index is -3.43. The van der Waals surface area contributed by atoms with Gasteiger partial charge >= 0.3 is 0 Å². The fourth-order valence-corrected chi connectivity index (χ4v) is 4.75. The van der Waals surface area contributed by atoms with Gasteiger partial charge in [-0.05, 0) is 68.1 Å². The van der Waals surface area contributed by atoms with Crippen LogP contribution < -0.4 is 10.6 Å². The summed E-state index contributed by atoms with van der Waals surface area (Å²) in [6.07, 6.45) is 3.35. The van der Waals surface area contributed by atoms with E-state index in [9.17, 15) is 13.2 Å². The maximum Gasteiger partial charge on any atom is 0.251 e. The fourth-order valence-electron chi connectivity index (χ4n) is 3.40. The molecule has 144 valence electrons. The van der Waals surface area contributed by atoms with Crippen molar-refractivity contribution in [3.63, 3.8) is 0 Å². The van der Waals surface area contributed by atoms with Gasteiger partial charge in [-0.3, -0.25) is 4.79 Å². The zero-order chi connectivity index (χ0) is 19.1. The van der Waals surface area contributed by atoms with E-state index in [1.165, 1.54) is 12.8 Å². The van der Waals surface area contributed by atoms with Gasteiger partial charge in [-0.15, -0.1) is 0 Å². The highest BCUT2D eigenvalue weighted by Gasteiger charge is 2.16. The third kappa shape index (κ3) is 5.65. The van der Waals surface area contributed by atoms with Crippen molar-refractivity contribution in [1.29, 1.82) is 0 Å². The number of hydrogen-bond acceptors (Lipinski definition) is 4. The predicted octanol–water partition coefficient (Wildman–Crippen LogP) is 2.78. The first-order valence-corrected chi connectivity index (χ1v) is 11.1. The molecule has 6 heteroatoms. The third-order valence-corrected chi connectivity index (χ3v) is 6.59. The molecule has 0 aromatic heterocycles. The molecule has 1 atom stereocenters. The molecule has 0 saturated carbocycles. The quantitative estimate of drug-likeness (QED) is 0.767. The Morgan fingerprint density at radius 2 is 1.93 bits per heavy atom. The molecule has 2 aromatic rings. The van der Waals surface area contributed by atoms with Crippen LogP contribution in [-0.4, -0.2) is 34.0 Å². The van der Waals surface area contributed by atoms with Crippen molar-refractivity contribution in [3.8, 4) is 0 Å². The second-order valence-corrected chi connectivity index (χ2v) is 9.02. The van der Waals surface area contributed by atoms with E-state index in [1.807, 2.05) is 0 Å². The van der Waals surface area contributed by atoms with Crippen LogP contribution in [-0.2, 0) is 15.6 Å².